The van der Waals surface area contributed by atoms with Crippen molar-refractivity contribution in [2.75, 3.05) is 0 Å². The second kappa shape index (κ2) is 5.74. The highest BCUT2D eigenvalue weighted by molar-refractivity contribution is 8.01. The molecule has 12 heteroatoms. The van der Waals surface area contributed by atoms with Gasteiger partial charge in [-0.25, -0.2) is 0 Å². The Balaban J connectivity index is 1.47. The number of β-lactam (4-membered cyclic amide) rings is 1. The van der Waals surface area contributed by atoms with Gasteiger partial charge in [0.05, 0.1) is 11.4 Å². The first kappa shape index (κ1) is 18.0. The molecule has 5 heterocycles. The van der Waals surface area contributed by atoms with E-state index in [1.807, 2.05) is 25.3 Å². The van der Waals surface area contributed by atoms with Crippen LogP contribution in [0.15, 0.2) is 11.4 Å². The number of carbonyl (C=O) groups is 2. The van der Waals surface area contributed by atoms with Gasteiger partial charge in [0.15, 0.2) is 5.82 Å². The largest absolute Gasteiger partial charge is 0.314 e. The van der Waals surface area contributed by atoms with Crippen molar-refractivity contribution in [3.63, 3.8) is 0 Å². The van der Waals surface area contributed by atoms with Gasteiger partial charge in [0.2, 0.25) is 11.8 Å². The lowest BCUT2D eigenvalue weighted by atomic mass is 9.93. The van der Waals surface area contributed by atoms with Crippen LogP contribution in [0.3, 0.4) is 0 Å². The van der Waals surface area contributed by atoms with E-state index in [2.05, 4.69) is 44.2 Å². The molecule has 5 rings (SSSR count). The number of aromatic nitrogens is 5. The number of nitrogens with one attached hydrogen (secondary N) is 2. The number of fused-ring (bicyclic) bond motifs is 1. The number of thioether (sulfide) groups is 1. The molecular formula is C16H20N8O2S2. The molecule has 4 atom stereocenters. The summed E-state index contributed by atoms with van der Waals surface area (Å²) >= 11 is 2.98. The Hall–Kier alpha value is -2.05. The molecular weight excluding hydrogens is 400 g/mol. The molecule has 2 amide bonds. The van der Waals surface area contributed by atoms with Gasteiger partial charge in [-0.3, -0.25) is 14.9 Å². The number of nitrogens with zero attached hydrogens (tertiary/aromatic N) is 6. The molecule has 0 bridgehead atoms. The normalized spacial score (nSPS) is 33.3. The summed E-state index contributed by atoms with van der Waals surface area (Å²) in [6.07, 6.45) is 0. The highest BCUT2D eigenvalue weighted by Crippen LogP contribution is 2.58. The maximum absolute atomic E-state index is 13.3. The molecule has 3 fully saturated rings. The van der Waals surface area contributed by atoms with Crippen molar-refractivity contribution in [3.05, 3.63) is 23.0 Å². The van der Waals surface area contributed by atoms with Crippen LogP contribution in [0.2, 0.25) is 0 Å². The summed E-state index contributed by atoms with van der Waals surface area (Å²) in [5.74, 6) is 0.299. The highest BCUT2D eigenvalue weighted by atomic mass is 32.2. The van der Waals surface area contributed by atoms with Gasteiger partial charge in [0, 0.05) is 10.1 Å². The second-order valence-corrected chi connectivity index (χ2v) is 10.7. The zero-order valence-corrected chi connectivity index (χ0v) is 17.4. The van der Waals surface area contributed by atoms with E-state index >= 15 is 0 Å². The fraction of sp³-hybridized carbons (Fsp3) is 0.625. The lowest BCUT2D eigenvalue weighted by Crippen LogP contribution is -2.71. The van der Waals surface area contributed by atoms with Crippen molar-refractivity contribution in [1.82, 2.24) is 40.1 Å². The maximum atomic E-state index is 13.3. The Labute approximate surface area is 169 Å². The van der Waals surface area contributed by atoms with Crippen LogP contribution in [-0.2, 0) is 9.59 Å². The molecule has 2 aromatic heterocycles. The Bertz CT molecular complexity index is 929. The predicted molar refractivity (Wildman–Crippen MR) is 102 cm³/mol. The van der Waals surface area contributed by atoms with E-state index in [4.69, 9.17) is 0 Å². The molecule has 0 spiro atoms. The highest BCUT2D eigenvalue weighted by Gasteiger charge is 2.67. The standard InChI is InChI=1S/C16H20N8O2S2/c1-15(2)10(11-18-21-22-19-11)23-13(26)9(14(23)28-15)24-12(25)8(17-16(24,3)4)7-5-6-27-20-7/h5-6,8-10,14,17H,1-4H3,(H,18,19,21,22). The molecule has 2 N–H and O–H groups in total. The molecule has 148 valence electrons. The first-order chi connectivity index (χ1) is 13.2. The van der Waals surface area contributed by atoms with E-state index in [9.17, 15) is 9.59 Å². The van der Waals surface area contributed by atoms with Crippen LogP contribution in [0.4, 0.5) is 0 Å². The molecule has 0 aromatic carbocycles. The van der Waals surface area contributed by atoms with Crippen molar-refractivity contribution < 1.29 is 9.59 Å². The number of tetrazole rings is 1. The summed E-state index contributed by atoms with van der Waals surface area (Å²) in [6.45, 7) is 7.98. The molecule has 28 heavy (non-hydrogen) atoms. The lowest BCUT2D eigenvalue weighted by Gasteiger charge is -2.50. The van der Waals surface area contributed by atoms with E-state index in [0.29, 0.717) is 11.5 Å². The number of amides is 2. The summed E-state index contributed by atoms with van der Waals surface area (Å²) in [5.41, 5.74) is 0.0328. The summed E-state index contributed by atoms with van der Waals surface area (Å²) in [4.78, 5) is 30.0. The van der Waals surface area contributed by atoms with Crippen molar-refractivity contribution >= 4 is 35.1 Å². The second-order valence-electron chi connectivity index (χ2n) is 8.24. The molecule has 3 aliphatic heterocycles. The van der Waals surface area contributed by atoms with Crippen LogP contribution in [0, 0.1) is 0 Å². The van der Waals surface area contributed by atoms with Crippen LogP contribution in [0.25, 0.3) is 0 Å². The molecule has 2 aromatic rings. The fourth-order valence-electron chi connectivity index (χ4n) is 4.49. The van der Waals surface area contributed by atoms with Crippen molar-refractivity contribution in [2.45, 2.75) is 61.6 Å². The molecule has 0 radical (unpaired) electrons. The van der Waals surface area contributed by atoms with E-state index in [-0.39, 0.29) is 28.0 Å². The van der Waals surface area contributed by atoms with E-state index < -0.39 is 17.7 Å². The average Bonchev–Trinajstić information content (AvgIpc) is 3.38. The van der Waals surface area contributed by atoms with Gasteiger partial charge in [0.25, 0.3) is 0 Å². The number of aromatic amines is 1. The summed E-state index contributed by atoms with van der Waals surface area (Å²) in [7, 11) is 0. The Morgan fingerprint density at radius 3 is 2.61 bits per heavy atom. The van der Waals surface area contributed by atoms with Crippen LogP contribution in [0.5, 0.6) is 0 Å². The average molecular weight is 421 g/mol. The van der Waals surface area contributed by atoms with Crippen molar-refractivity contribution in [2.24, 2.45) is 0 Å². The number of hydrogen-bond acceptors (Lipinski definition) is 9. The first-order valence-electron chi connectivity index (χ1n) is 8.97. The number of hydrogen-bond donors (Lipinski definition) is 2. The minimum Gasteiger partial charge on any atom is -0.314 e. The zero-order chi connectivity index (χ0) is 19.8. The fourth-order valence-corrected chi connectivity index (χ4v) is 6.72. The monoisotopic (exact) mass is 420 g/mol. The molecule has 3 saturated heterocycles. The van der Waals surface area contributed by atoms with Crippen LogP contribution >= 0.6 is 23.3 Å². The van der Waals surface area contributed by atoms with E-state index in [1.54, 1.807) is 21.6 Å². The summed E-state index contributed by atoms with van der Waals surface area (Å²) in [6, 6.07) is 0.498. The van der Waals surface area contributed by atoms with Gasteiger partial charge in [-0.1, -0.05) is 5.21 Å². The third kappa shape index (κ3) is 2.31. The van der Waals surface area contributed by atoms with Crippen LogP contribution in [-0.4, -0.2) is 68.4 Å². The van der Waals surface area contributed by atoms with Crippen molar-refractivity contribution in [3.8, 4) is 0 Å². The molecule has 0 aliphatic carbocycles. The minimum absolute atomic E-state index is 0.0833. The summed E-state index contributed by atoms with van der Waals surface area (Å²) < 4.78 is 4.01. The quantitative estimate of drug-likeness (QED) is 0.695. The Morgan fingerprint density at radius 1 is 1.18 bits per heavy atom. The van der Waals surface area contributed by atoms with Gasteiger partial charge in [-0.2, -0.15) is 9.59 Å². The van der Waals surface area contributed by atoms with E-state index in [1.165, 1.54) is 11.5 Å². The number of H-pyrrole nitrogens is 1. The maximum Gasteiger partial charge on any atom is 0.250 e. The Morgan fingerprint density at radius 2 is 1.96 bits per heavy atom. The third-order valence-corrected chi connectivity index (χ3v) is 7.77. The topological polar surface area (TPSA) is 120 Å². The molecule has 3 aliphatic rings. The van der Waals surface area contributed by atoms with Crippen molar-refractivity contribution in [1.29, 1.82) is 0 Å². The van der Waals surface area contributed by atoms with Crippen LogP contribution < -0.4 is 5.32 Å². The van der Waals surface area contributed by atoms with Crippen LogP contribution in [0.1, 0.15) is 51.3 Å². The van der Waals surface area contributed by atoms with Gasteiger partial charge in [-0.05, 0) is 45.3 Å². The minimum atomic E-state index is -0.660. The lowest BCUT2D eigenvalue weighted by molar-refractivity contribution is -0.165. The SMILES string of the molecule is CC1(C)SC2C(N3C(=O)C(c4ccsn4)NC3(C)C)C(=O)N2C1c1nn[nH]n1. The van der Waals surface area contributed by atoms with Gasteiger partial charge in [-0.15, -0.1) is 22.0 Å². The van der Waals surface area contributed by atoms with E-state index in [0.717, 1.165) is 0 Å². The third-order valence-electron chi connectivity index (χ3n) is 5.64. The number of carbonyl (C=O) groups excluding carboxylic acids is 2. The first-order valence-corrected chi connectivity index (χ1v) is 10.7. The molecule has 4 unspecified atom stereocenters. The molecule has 10 nitrogen and oxygen atoms in total. The Kier molecular flexibility index (Phi) is 3.69. The zero-order valence-electron chi connectivity index (χ0n) is 15.8. The van der Waals surface area contributed by atoms with Gasteiger partial charge in [0.1, 0.15) is 23.5 Å². The smallest absolute Gasteiger partial charge is 0.250 e. The predicted octanol–water partition coefficient (Wildman–Crippen LogP) is 0.669. The van der Waals surface area contributed by atoms with Gasteiger partial charge >= 0.3 is 0 Å². The summed E-state index contributed by atoms with van der Waals surface area (Å²) in [5, 5.41) is 19.4. The molecule has 0 saturated carbocycles. The number of rotatable bonds is 3. The van der Waals surface area contributed by atoms with Gasteiger partial charge < -0.3 is 9.80 Å².